The van der Waals surface area contributed by atoms with Crippen molar-refractivity contribution in [2.75, 3.05) is 0 Å². The van der Waals surface area contributed by atoms with Crippen LogP contribution in [0.5, 0.6) is 0 Å². The van der Waals surface area contributed by atoms with Crippen molar-refractivity contribution < 1.29 is 9.72 Å². The zero-order chi connectivity index (χ0) is 16.6. The molecule has 0 aliphatic carbocycles. The summed E-state index contributed by atoms with van der Waals surface area (Å²) in [7, 11) is 0. The maximum atomic E-state index is 12.6. The predicted molar refractivity (Wildman–Crippen MR) is 86.7 cm³/mol. The number of non-ortho nitro benzene ring substituents is 1. The minimum atomic E-state index is -0.482. The number of Topliss-reactive ketones (excluding diaryl/α,β-unsaturated/α-hetero) is 1. The Labute approximate surface area is 134 Å². The predicted octanol–water partition coefficient (Wildman–Crippen LogP) is 2.62. The van der Waals surface area contributed by atoms with E-state index in [1.807, 2.05) is 0 Å². The molecule has 0 bridgehead atoms. The van der Waals surface area contributed by atoms with Gasteiger partial charge in [-0.3, -0.25) is 24.3 Å². The highest BCUT2D eigenvalue weighted by Crippen LogP contribution is 2.32. The van der Waals surface area contributed by atoms with E-state index in [1.165, 1.54) is 41.3 Å². The van der Waals surface area contributed by atoms with Crippen molar-refractivity contribution in [3.63, 3.8) is 0 Å². The van der Waals surface area contributed by atoms with Gasteiger partial charge in [-0.15, -0.1) is 11.3 Å². The Kier molecular flexibility index (Phi) is 3.75. The van der Waals surface area contributed by atoms with Crippen molar-refractivity contribution in [1.82, 2.24) is 9.55 Å². The molecule has 0 fully saturated rings. The normalized spacial score (nSPS) is 10.8. The largest absolute Gasteiger partial charge is 0.298 e. The molecule has 3 rings (SSSR count). The standard InChI is InChI=1S/C15H11N3O4S/c1-9(19)6-17-8-16-14-13(15(17)20)12(7-23-14)10-3-2-4-11(5-10)18(21)22/h2-5,7-8H,6H2,1H3. The van der Waals surface area contributed by atoms with Crippen molar-refractivity contribution in [1.29, 1.82) is 0 Å². The number of hydrogen-bond donors (Lipinski definition) is 0. The van der Waals surface area contributed by atoms with E-state index in [1.54, 1.807) is 17.5 Å². The highest BCUT2D eigenvalue weighted by atomic mass is 32.1. The van der Waals surface area contributed by atoms with E-state index in [4.69, 9.17) is 0 Å². The van der Waals surface area contributed by atoms with Gasteiger partial charge in [-0.1, -0.05) is 12.1 Å². The third-order valence-corrected chi connectivity index (χ3v) is 4.21. The lowest BCUT2D eigenvalue weighted by Crippen LogP contribution is -2.23. The first-order valence-corrected chi connectivity index (χ1v) is 7.56. The molecule has 2 heterocycles. The van der Waals surface area contributed by atoms with Crippen LogP contribution in [0.3, 0.4) is 0 Å². The molecule has 1 aromatic carbocycles. The number of ketones is 1. The van der Waals surface area contributed by atoms with Gasteiger partial charge in [0.1, 0.15) is 10.6 Å². The van der Waals surface area contributed by atoms with Crippen LogP contribution in [-0.4, -0.2) is 20.3 Å². The molecule has 116 valence electrons. The first-order valence-electron chi connectivity index (χ1n) is 6.68. The number of nitro groups is 1. The van der Waals surface area contributed by atoms with Gasteiger partial charge in [0.2, 0.25) is 0 Å². The van der Waals surface area contributed by atoms with Crippen molar-refractivity contribution in [3.05, 3.63) is 56.4 Å². The second-order valence-corrected chi connectivity index (χ2v) is 5.87. The molecule has 0 saturated carbocycles. The first-order chi connectivity index (χ1) is 11.0. The molecule has 23 heavy (non-hydrogen) atoms. The summed E-state index contributed by atoms with van der Waals surface area (Å²) < 4.78 is 1.25. The zero-order valence-corrected chi connectivity index (χ0v) is 12.9. The SMILES string of the molecule is CC(=O)Cn1cnc2scc(-c3cccc([N+](=O)[O-])c3)c2c1=O. The topological polar surface area (TPSA) is 95.1 Å². The number of aromatic nitrogens is 2. The fourth-order valence-electron chi connectivity index (χ4n) is 2.32. The minimum Gasteiger partial charge on any atom is -0.298 e. The Bertz CT molecular complexity index is 990. The van der Waals surface area contributed by atoms with Gasteiger partial charge in [-0.25, -0.2) is 4.98 Å². The van der Waals surface area contributed by atoms with E-state index in [9.17, 15) is 19.7 Å². The van der Waals surface area contributed by atoms with Crippen molar-refractivity contribution in [3.8, 4) is 11.1 Å². The van der Waals surface area contributed by atoms with Crippen LogP contribution in [0.1, 0.15) is 6.92 Å². The number of carbonyl (C=O) groups excluding carboxylic acids is 1. The molecule has 2 aromatic heterocycles. The summed E-state index contributed by atoms with van der Waals surface area (Å²) in [6.07, 6.45) is 1.35. The summed E-state index contributed by atoms with van der Waals surface area (Å²) in [5, 5.41) is 13.0. The molecule has 7 nitrogen and oxygen atoms in total. The number of fused-ring (bicyclic) bond motifs is 1. The van der Waals surface area contributed by atoms with Crippen molar-refractivity contribution in [2.24, 2.45) is 0 Å². The van der Waals surface area contributed by atoms with Gasteiger partial charge >= 0.3 is 0 Å². The number of rotatable bonds is 4. The van der Waals surface area contributed by atoms with Crippen LogP contribution in [0.15, 0.2) is 40.8 Å². The number of thiophene rings is 1. The van der Waals surface area contributed by atoms with Gasteiger partial charge in [0.15, 0.2) is 0 Å². The fraction of sp³-hybridized carbons (Fsp3) is 0.133. The van der Waals surface area contributed by atoms with E-state index in [-0.39, 0.29) is 23.6 Å². The molecule has 3 aromatic rings. The highest BCUT2D eigenvalue weighted by molar-refractivity contribution is 7.17. The summed E-state index contributed by atoms with van der Waals surface area (Å²) in [6.45, 7) is 1.34. The van der Waals surface area contributed by atoms with E-state index in [2.05, 4.69) is 4.98 Å². The maximum absolute atomic E-state index is 12.6. The molecule has 0 N–H and O–H groups in total. The van der Waals surface area contributed by atoms with Gasteiger partial charge in [0, 0.05) is 23.1 Å². The molecule has 0 amide bonds. The Morgan fingerprint density at radius 1 is 1.43 bits per heavy atom. The monoisotopic (exact) mass is 329 g/mol. The molecule has 0 aliphatic heterocycles. The van der Waals surface area contributed by atoms with E-state index in [0.29, 0.717) is 21.3 Å². The third kappa shape index (κ3) is 2.76. The second kappa shape index (κ2) is 5.73. The van der Waals surface area contributed by atoms with E-state index < -0.39 is 4.92 Å². The van der Waals surface area contributed by atoms with Gasteiger partial charge in [0.05, 0.1) is 23.2 Å². The van der Waals surface area contributed by atoms with Gasteiger partial charge in [-0.05, 0) is 12.5 Å². The number of benzene rings is 1. The third-order valence-electron chi connectivity index (χ3n) is 3.32. The van der Waals surface area contributed by atoms with Crippen LogP contribution >= 0.6 is 11.3 Å². The molecule has 0 unspecified atom stereocenters. The van der Waals surface area contributed by atoms with Crippen LogP contribution in [-0.2, 0) is 11.3 Å². The van der Waals surface area contributed by atoms with Crippen LogP contribution in [0.4, 0.5) is 5.69 Å². The van der Waals surface area contributed by atoms with Gasteiger partial charge < -0.3 is 0 Å². The average molecular weight is 329 g/mol. The number of nitrogens with zero attached hydrogens (tertiary/aromatic N) is 3. The van der Waals surface area contributed by atoms with E-state index in [0.717, 1.165) is 0 Å². The van der Waals surface area contributed by atoms with Gasteiger partial charge in [-0.2, -0.15) is 0 Å². The average Bonchev–Trinajstić information content (AvgIpc) is 2.94. The Morgan fingerprint density at radius 3 is 2.91 bits per heavy atom. The Balaban J connectivity index is 2.22. The molecular formula is C15H11N3O4S. The molecule has 0 aliphatic rings. The van der Waals surface area contributed by atoms with Crippen molar-refractivity contribution >= 4 is 33.0 Å². The Hall–Kier alpha value is -2.87. The molecule has 0 atom stereocenters. The summed E-state index contributed by atoms with van der Waals surface area (Å²) in [5.74, 6) is -0.152. The quantitative estimate of drug-likeness (QED) is 0.541. The summed E-state index contributed by atoms with van der Waals surface area (Å²) >= 11 is 1.29. The lowest BCUT2D eigenvalue weighted by atomic mass is 10.1. The lowest BCUT2D eigenvalue weighted by molar-refractivity contribution is -0.384. The molecule has 0 spiro atoms. The Morgan fingerprint density at radius 2 is 2.22 bits per heavy atom. The van der Waals surface area contributed by atoms with Crippen LogP contribution in [0.25, 0.3) is 21.3 Å². The van der Waals surface area contributed by atoms with Crippen LogP contribution in [0.2, 0.25) is 0 Å². The molecule has 8 heteroatoms. The van der Waals surface area contributed by atoms with E-state index >= 15 is 0 Å². The lowest BCUT2D eigenvalue weighted by Gasteiger charge is -2.04. The number of carbonyl (C=O) groups is 1. The van der Waals surface area contributed by atoms with Crippen LogP contribution in [0, 0.1) is 10.1 Å². The summed E-state index contributed by atoms with van der Waals surface area (Å²) in [4.78, 5) is 39.0. The summed E-state index contributed by atoms with van der Waals surface area (Å²) in [5.41, 5.74) is 0.789. The smallest absolute Gasteiger partial charge is 0.270 e. The first kappa shape index (κ1) is 15.0. The number of hydrogen-bond acceptors (Lipinski definition) is 6. The zero-order valence-electron chi connectivity index (χ0n) is 12.1. The van der Waals surface area contributed by atoms with Crippen molar-refractivity contribution in [2.45, 2.75) is 13.5 Å². The summed E-state index contributed by atoms with van der Waals surface area (Å²) in [6, 6.07) is 6.09. The minimum absolute atomic E-state index is 0.0465. The molecular weight excluding hydrogens is 318 g/mol. The van der Waals surface area contributed by atoms with Gasteiger partial charge in [0.25, 0.3) is 11.2 Å². The highest BCUT2D eigenvalue weighted by Gasteiger charge is 2.15. The molecule has 0 saturated heterocycles. The number of nitro benzene ring substituents is 1. The molecule has 0 radical (unpaired) electrons. The second-order valence-electron chi connectivity index (χ2n) is 5.02. The van der Waals surface area contributed by atoms with Crippen LogP contribution < -0.4 is 5.56 Å². The fourth-order valence-corrected chi connectivity index (χ4v) is 3.23. The maximum Gasteiger partial charge on any atom is 0.270 e.